The van der Waals surface area contributed by atoms with Gasteiger partial charge in [0.2, 0.25) is 0 Å². The molecule has 2 amide bonds. The van der Waals surface area contributed by atoms with Gasteiger partial charge in [0.05, 0.1) is 5.60 Å². The van der Waals surface area contributed by atoms with E-state index in [1.165, 1.54) is 0 Å². The minimum Gasteiger partial charge on any atom is -0.388 e. The van der Waals surface area contributed by atoms with E-state index in [0.29, 0.717) is 5.69 Å². The van der Waals surface area contributed by atoms with Gasteiger partial charge in [0.15, 0.2) is 0 Å². The Morgan fingerprint density at radius 2 is 1.89 bits per heavy atom. The summed E-state index contributed by atoms with van der Waals surface area (Å²) in [7, 11) is 0. The van der Waals surface area contributed by atoms with E-state index in [1.54, 1.807) is 31.2 Å². The lowest BCUT2D eigenvalue weighted by molar-refractivity contribution is -0.136. The van der Waals surface area contributed by atoms with Crippen LogP contribution in [0.3, 0.4) is 0 Å². The minimum atomic E-state index is -0.928. The molecular formula is C14H18N2O3. The van der Waals surface area contributed by atoms with E-state index in [-0.39, 0.29) is 12.5 Å². The van der Waals surface area contributed by atoms with E-state index in [0.717, 1.165) is 12.8 Å². The van der Waals surface area contributed by atoms with Crippen LogP contribution in [0.2, 0.25) is 0 Å². The fraction of sp³-hybridized carbons (Fsp3) is 0.429. The number of hydrogen-bond donors (Lipinski definition) is 3. The number of aliphatic hydroxyl groups is 1. The number of nitrogens with one attached hydrogen (secondary N) is 2. The Hall–Kier alpha value is -1.88. The lowest BCUT2D eigenvalue weighted by Gasteiger charge is -2.22. The lowest BCUT2D eigenvalue weighted by Crippen LogP contribution is -2.45. The first-order chi connectivity index (χ1) is 8.99. The molecule has 0 unspecified atom stereocenters. The first-order valence-corrected chi connectivity index (χ1v) is 6.35. The molecule has 0 bridgehead atoms. The third kappa shape index (κ3) is 3.79. The Morgan fingerprint density at radius 1 is 1.26 bits per heavy atom. The average molecular weight is 262 g/mol. The molecule has 1 atom stereocenters. The van der Waals surface area contributed by atoms with Crippen molar-refractivity contribution in [1.82, 2.24) is 5.32 Å². The molecule has 1 aromatic rings. The molecule has 1 aliphatic carbocycles. The summed E-state index contributed by atoms with van der Waals surface area (Å²) in [5.41, 5.74) is -0.362. The van der Waals surface area contributed by atoms with Crippen LogP contribution in [0.25, 0.3) is 0 Å². The van der Waals surface area contributed by atoms with E-state index >= 15 is 0 Å². The minimum absolute atomic E-state index is 0.0959. The summed E-state index contributed by atoms with van der Waals surface area (Å²) >= 11 is 0. The standard InChI is InChI=1S/C14H18N2O3/c1-14(19,10-7-8-10)9-15-12(17)13(18)16-11-5-3-2-4-6-11/h2-6,10,19H,7-9H2,1H3,(H,15,17)(H,16,18)/t14-/m1/s1. The molecule has 1 fully saturated rings. The Morgan fingerprint density at radius 3 is 2.47 bits per heavy atom. The average Bonchev–Trinajstić information content (AvgIpc) is 3.22. The van der Waals surface area contributed by atoms with Crippen molar-refractivity contribution in [3.8, 4) is 0 Å². The van der Waals surface area contributed by atoms with Gasteiger partial charge < -0.3 is 15.7 Å². The highest BCUT2D eigenvalue weighted by atomic mass is 16.3. The molecule has 0 heterocycles. The van der Waals surface area contributed by atoms with Crippen LogP contribution < -0.4 is 10.6 Å². The highest BCUT2D eigenvalue weighted by Crippen LogP contribution is 2.38. The van der Waals surface area contributed by atoms with Gasteiger partial charge in [0.25, 0.3) is 0 Å². The van der Waals surface area contributed by atoms with Crippen molar-refractivity contribution in [2.24, 2.45) is 5.92 Å². The summed E-state index contributed by atoms with van der Waals surface area (Å²) in [5.74, 6) is -1.23. The van der Waals surface area contributed by atoms with Crippen LogP contribution >= 0.6 is 0 Å². The molecule has 1 saturated carbocycles. The molecule has 102 valence electrons. The third-order valence-corrected chi connectivity index (χ3v) is 3.30. The molecule has 0 saturated heterocycles. The van der Waals surface area contributed by atoms with Crippen molar-refractivity contribution in [2.45, 2.75) is 25.4 Å². The molecule has 5 nitrogen and oxygen atoms in total. The van der Waals surface area contributed by atoms with Crippen LogP contribution in [-0.2, 0) is 9.59 Å². The summed E-state index contributed by atoms with van der Waals surface area (Å²) in [6.07, 6.45) is 1.94. The van der Waals surface area contributed by atoms with E-state index in [4.69, 9.17) is 0 Å². The van der Waals surface area contributed by atoms with Crippen LogP contribution in [0.1, 0.15) is 19.8 Å². The van der Waals surface area contributed by atoms with Gasteiger partial charge in [-0.05, 0) is 37.8 Å². The van der Waals surface area contributed by atoms with Gasteiger partial charge in [-0.3, -0.25) is 9.59 Å². The lowest BCUT2D eigenvalue weighted by atomic mass is 10.0. The normalized spacial score (nSPS) is 17.4. The van der Waals surface area contributed by atoms with Gasteiger partial charge in [0, 0.05) is 12.2 Å². The molecule has 5 heteroatoms. The summed E-state index contributed by atoms with van der Waals surface area (Å²) in [6.45, 7) is 1.78. The predicted molar refractivity (Wildman–Crippen MR) is 71.4 cm³/mol. The van der Waals surface area contributed by atoms with Gasteiger partial charge in [-0.15, -0.1) is 0 Å². The summed E-state index contributed by atoms with van der Waals surface area (Å²) < 4.78 is 0. The van der Waals surface area contributed by atoms with Crippen LogP contribution in [0.4, 0.5) is 5.69 Å². The molecule has 2 rings (SSSR count). The van der Waals surface area contributed by atoms with Gasteiger partial charge in [-0.2, -0.15) is 0 Å². The fourth-order valence-corrected chi connectivity index (χ4v) is 1.90. The van der Waals surface area contributed by atoms with Crippen molar-refractivity contribution in [3.05, 3.63) is 30.3 Å². The largest absolute Gasteiger partial charge is 0.388 e. The third-order valence-electron chi connectivity index (χ3n) is 3.30. The number of rotatable bonds is 4. The maximum Gasteiger partial charge on any atom is 0.313 e. The van der Waals surface area contributed by atoms with Gasteiger partial charge in [-0.25, -0.2) is 0 Å². The van der Waals surface area contributed by atoms with Crippen molar-refractivity contribution in [1.29, 1.82) is 0 Å². The molecule has 3 N–H and O–H groups in total. The van der Waals surface area contributed by atoms with Crippen LogP contribution in [0.5, 0.6) is 0 Å². The highest BCUT2D eigenvalue weighted by Gasteiger charge is 2.40. The predicted octanol–water partition coefficient (Wildman–Crippen LogP) is 0.902. The second-order valence-corrected chi connectivity index (χ2v) is 5.13. The Kier molecular flexibility index (Phi) is 3.85. The zero-order valence-electron chi connectivity index (χ0n) is 10.8. The van der Waals surface area contributed by atoms with Crippen molar-refractivity contribution in [3.63, 3.8) is 0 Å². The smallest absolute Gasteiger partial charge is 0.313 e. The second-order valence-electron chi connectivity index (χ2n) is 5.13. The molecule has 0 aromatic heterocycles. The number of carbonyl (C=O) groups is 2. The van der Waals surface area contributed by atoms with E-state index in [2.05, 4.69) is 10.6 Å². The summed E-state index contributed by atoms with van der Waals surface area (Å²) in [4.78, 5) is 23.2. The molecule has 19 heavy (non-hydrogen) atoms. The molecule has 1 aliphatic rings. The highest BCUT2D eigenvalue weighted by molar-refractivity contribution is 6.39. The second kappa shape index (κ2) is 5.40. The van der Waals surface area contributed by atoms with Crippen molar-refractivity contribution < 1.29 is 14.7 Å². The Bertz CT molecular complexity index is 467. The first kappa shape index (κ1) is 13.5. The number of anilines is 1. The van der Waals surface area contributed by atoms with Crippen molar-refractivity contribution >= 4 is 17.5 Å². The molecule has 0 aliphatic heterocycles. The Balaban J connectivity index is 1.81. The zero-order chi connectivity index (χ0) is 13.9. The monoisotopic (exact) mass is 262 g/mol. The van der Waals surface area contributed by atoms with Crippen LogP contribution in [-0.4, -0.2) is 29.1 Å². The maximum atomic E-state index is 11.6. The van der Waals surface area contributed by atoms with Gasteiger partial charge >= 0.3 is 11.8 Å². The van der Waals surface area contributed by atoms with Gasteiger partial charge in [-0.1, -0.05) is 18.2 Å². The SMILES string of the molecule is C[C@@](O)(CNC(=O)C(=O)Nc1ccccc1)C1CC1. The molecule has 0 spiro atoms. The van der Waals surface area contributed by atoms with E-state index in [1.807, 2.05) is 6.07 Å². The number of amides is 2. The quantitative estimate of drug-likeness (QED) is 0.705. The van der Waals surface area contributed by atoms with E-state index < -0.39 is 17.4 Å². The summed E-state index contributed by atoms with van der Waals surface area (Å²) in [5, 5.41) is 15.0. The first-order valence-electron chi connectivity index (χ1n) is 6.35. The fourth-order valence-electron chi connectivity index (χ4n) is 1.90. The number of hydrogen-bond acceptors (Lipinski definition) is 3. The van der Waals surface area contributed by atoms with Crippen molar-refractivity contribution in [2.75, 3.05) is 11.9 Å². The zero-order valence-corrected chi connectivity index (χ0v) is 10.8. The molecule has 1 aromatic carbocycles. The summed E-state index contributed by atoms with van der Waals surface area (Å²) in [6, 6.07) is 8.76. The number of carbonyl (C=O) groups excluding carboxylic acids is 2. The number of benzene rings is 1. The molecule has 0 radical (unpaired) electrons. The topological polar surface area (TPSA) is 78.4 Å². The number of para-hydroxylation sites is 1. The Labute approximate surface area is 112 Å². The van der Waals surface area contributed by atoms with E-state index in [9.17, 15) is 14.7 Å². The van der Waals surface area contributed by atoms with Crippen LogP contribution in [0.15, 0.2) is 30.3 Å². The maximum absolute atomic E-state index is 11.6. The van der Waals surface area contributed by atoms with Gasteiger partial charge in [0.1, 0.15) is 0 Å². The van der Waals surface area contributed by atoms with Crippen LogP contribution in [0, 0.1) is 5.92 Å². The molecular weight excluding hydrogens is 244 g/mol.